The van der Waals surface area contributed by atoms with Crippen molar-refractivity contribution in [2.24, 2.45) is 27.7 Å². The summed E-state index contributed by atoms with van der Waals surface area (Å²) in [6, 6.07) is 60.4. The van der Waals surface area contributed by atoms with E-state index in [1.54, 1.807) is 137 Å². The Morgan fingerprint density at radius 1 is 0.360 bits per heavy atom. The van der Waals surface area contributed by atoms with Crippen molar-refractivity contribution >= 4 is 128 Å². The number of nitrogens with one attached hydrogen (secondary N) is 7. The molecule has 3 heterocycles. The second-order valence-corrected chi connectivity index (χ2v) is 42.5. The Balaban J connectivity index is 0.000000151. The maximum atomic E-state index is 14.3. The van der Waals surface area contributed by atoms with Crippen LogP contribution in [0.15, 0.2) is 218 Å². The van der Waals surface area contributed by atoms with Crippen LogP contribution in [0.4, 0.5) is 21.9 Å². The third-order valence-corrected chi connectivity index (χ3v) is 30.2. The number of carbonyl (C=O) groups excluding carboxylic acids is 13. The van der Waals surface area contributed by atoms with Crippen molar-refractivity contribution in [2.75, 3.05) is 16.0 Å². The number of alkyl carbamates (subject to hydrolysis) is 1. The average molecular weight is 1940 g/mol. The van der Waals surface area contributed by atoms with Crippen molar-refractivity contribution in [1.29, 1.82) is 0 Å². The molecule has 29 heteroatoms. The molecule has 9 aliphatic carbocycles. The highest BCUT2D eigenvalue weighted by Crippen LogP contribution is 2.70. The maximum absolute atomic E-state index is 14.3. The Morgan fingerprint density at radius 3 is 0.878 bits per heavy atom. The molecule has 139 heavy (non-hydrogen) atoms. The highest BCUT2D eigenvalue weighted by Gasteiger charge is 2.70. The summed E-state index contributed by atoms with van der Waals surface area (Å²) in [6.45, 7) is 11.7. The number of ether oxygens (including phenoxy) is 1. The normalized spacial score (nSPS) is 23.2. The minimum atomic E-state index is -0.915. The molecule has 0 radical (unpaired) electrons. The first kappa shape index (κ1) is 99.3. The minimum absolute atomic E-state index is 0.0127. The van der Waals surface area contributed by atoms with Gasteiger partial charge in [0.25, 0.3) is 0 Å². The fourth-order valence-electron chi connectivity index (χ4n) is 22.5. The monoisotopic (exact) mass is 1940 g/mol. The number of anilines is 3. The van der Waals surface area contributed by atoms with Crippen LogP contribution in [-0.4, -0.2) is 150 Å². The van der Waals surface area contributed by atoms with Crippen molar-refractivity contribution in [3.8, 4) is 0 Å². The fraction of sp³-hybridized carbons (Fsp3) is 0.391. The molecule has 9 aromatic rings. The predicted octanol–water partition coefficient (Wildman–Crippen LogP) is 16.4. The molecule has 0 spiro atoms. The van der Waals surface area contributed by atoms with E-state index in [9.17, 15) is 62.3 Å². The highest BCUT2D eigenvalue weighted by molar-refractivity contribution is 6.32. The standard InChI is InChI=1S/C40H45ClN4O6.2C35H37ClN4O4/c1-25-18-29(14-15-30(25)41)42-35(48)31(20-39-22-40(23-39,24-39)44-37(50)51-38(2,3)4)43-36(49)32-19-27-12-8-9-13-28(27)21-45(32)34(47)17-16-33(46)26-10-6-5-7-11-26;2*1-22-15-26(11-12-27(22)36)38-32(43)28(17-34-19-35(37,20-34)21-34)39-33(44)29-16-24-9-5-6-10-25(24)18-40(29)31(42)14-13-30(41)23-7-3-2-4-8-23/h5-15,18,31-32H,16-17,19-24H2,1-4H3,(H,42,48)(H,43,49)(H,44,50);2*2-12,15,28-29H,13-14,16-21,37H2,1H3,(H,38,43)(H,39,44)/t31?,32-,39?,40?;28-,29+,34?,35?;28-,29-,34?,35?/m010/s1. The first-order chi connectivity index (χ1) is 66.2. The van der Waals surface area contributed by atoms with Crippen molar-refractivity contribution in [3.05, 3.63) is 300 Å². The number of halogens is 3. The summed E-state index contributed by atoms with van der Waals surface area (Å²) >= 11 is 18.6. The first-order valence-corrected chi connectivity index (χ1v) is 48.9. The van der Waals surface area contributed by atoms with Gasteiger partial charge in [0.1, 0.15) is 41.9 Å². The molecule has 6 atom stereocenters. The minimum Gasteiger partial charge on any atom is -0.444 e. The van der Waals surface area contributed by atoms with E-state index in [1.807, 2.05) is 133 Å². The molecule has 1 unspecified atom stereocenters. The van der Waals surface area contributed by atoms with Gasteiger partial charge in [0, 0.05) is 143 Å². The van der Waals surface area contributed by atoms with E-state index in [0.717, 1.165) is 88.6 Å². The van der Waals surface area contributed by atoms with Gasteiger partial charge in [-0.3, -0.25) is 57.5 Å². The number of aryl methyl sites for hydroxylation is 3. The zero-order chi connectivity index (χ0) is 98.7. The average Bonchev–Trinajstić information content (AvgIpc) is 0.681. The van der Waals surface area contributed by atoms with Crippen molar-refractivity contribution in [3.63, 3.8) is 0 Å². The van der Waals surface area contributed by atoms with Gasteiger partial charge in [-0.25, -0.2) is 4.79 Å². The van der Waals surface area contributed by atoms with Gasteiger partial charge in [-0.2, -0.15) is 0 Å². The van der Waals surface area contributed by atoms with E-state index < -0.39 is 53.9 Å². The quantitative estimate of drug-likeness (QED) is 0.0182. The third-order valence-electron chi connectivity index (χ3n) is 29.0. The SMILES string of the molecule is Cc1cc(NC(=O)C(CC23CC(NC(=O)OC(C)(C)C)(C2)C3)NC(=O)[C@@H]2Cc3ccccc3CN2C(=O)CCC(=O)c2ccccc2)ccc1Cl.Cc1cc(NC(=O)[C@@H](CC23CC(N)(C2)C3)NC(=O)[C@@H]2Cc3ccccc3CN2C(=O)CCC(=O)c2ccccc2)ccc1Cl.Cc1cc(NC(=O)[C@H](CC23CC(N)(C2)C3)NC(=O)[C@@H]2Cc3ccccc3CN2C(=O)CCC(=O)c2ccccc2)ccc1Cl. The number of Topliss-reactive ketones (excluding diaryl/α,β-unsaturated/α-hetero) is 3. The smallest absolute Gasteiger partial charge is 0.408 e. The largest absolute Gasteiger partial charge is 0.444 e. The van der Waals surface area contributed by atoms with Crippen LogP contribution in [0.3, 0.4) is 0 Å². The van der Waals surface area contributed by atoms with Crippen LogP contribution in [0, 0.1) is 37.0 Å². The number of amides is 10. The Bertz CT molecular complexity index is 5990. The lowest BCUT2D eigenvalue weighted by atomic mass is 9.38. The summed E-state index contributed by atoms with van der Waals surface area (Å²) in [6.07, 6.45) is 8.76. The number of carbonyl (C=O) groups is 13. The van der Waals surface area contributed by atoms with Gasteiger partial charge in [0.05, 0.1) is 0 Å². The van der Waals surface area contributed by atoms with Crippen molar-refractivity contribution in [1.82, 2.24) is 36.0 Å². The van der Waals surface area contributed by atoms with E-state index in [4.69, 9.17) is 51.0 Å². The summed E-state index contributed by atoms with van der Waals surface area (Å²) in [4.78, 5) is 180. The van der Waals surface area contributed by atoms with Gasteiger partial charge >= 0.3 is 6.09 Å². The molecule has 6 bridgehead atoms. The number of hydrogen-bond donors (Lipinski definition) is 9. The lowest BCUT2D eigenvalue weighted by Crippen LogP contribution is -2.76. The molecule has 26 nitrogen and oxygen atoms in total. The van der Waals surface area contributed by atoms with E-state index in [-0.39, 0.29) is 162 Å². The molecule has 9 aromatic carbocycles. The van der Waals surface area contributed by atoms with Crippen molar-refractivity contribution < 1.29 is 67.1 Å². The Labute approximate surface area is 824 Å². The van der Waals surface area contributed by atoms with E-state index in [0.29, 0.717) is 100 Å². The fourth-order valence-corrected chi connectivity index (χ4v) is 22.9. The Morgan fingerprint density at radius 2 is 0.619 bits per heavy atom. The van der Waals surface area contributed by atoms with Gasteiger partial charge in [0.15, 0.2) is 17.3 Å². The van der Waals surface area contributed by atoms with E-state index in [2.05, 4.69) is 37.2 Å². The molecule has 12 aliphatic rings. The molecule has 724 valence electrons. The van der Waals surface area contributed by atoms with Crippen LogP contribution in [0.1, 0.15) is 217 Å². The van der Waals surface area contributed by atoms with Crippen LogP contribution in [-0.2, 0) is 86.8 Å². The number of ketones is 3. The van der Waals surface area contributed by atoms with Crippen molar-refractivity contribution in [2.45, 2.75) is 254 Å². The molecular formula is C110H119Cl3N12O14. The van der Waals surface area contributed by atoms with Gasteiger partial charge in [-0.15, -0.1) is 0 Å². The summed E-state index contributed by atoms with van der Waals surface area (Å²) < 4.78 is 5.47. The van der Waals surface area contributed by atoms with Gasteiger partial charge in [0.2, 0.25) is 53.2 Å². The highest BCUT2D eigenvalue weighted by atomic mass is 35.5. The molecule has 9 saturated carbocycles. The number of nitrogens with two attached hydrogens (primary N) is 2. The summed E-state index contributed by atoms with van der Waals surface area (Å²) in [5, 5.41) is 22.7. The number of rotatable bonds is 31. The molecule has 0 aromatic heterocycles. The number of nitrogens with zero attached hydrogens (tertiary/aromatic N) is 3. The Kier molecular flexibility index (Phi) is 29.3. The molecule has 11 N–H and O–H groups in total. The van der Waals surface area contributed by atoms with Crippen LogP contribution in [0.25, 0.3) is 0 Å². The third kappa shape index (κ3) is 23.4. The van der Waals surface area contributed by atoms with Crippen LogP contribution >= 0.6 is 34.8 Å². The second kappa shape index (κ2) is 41.0. The lowest BCUT2D eigenvalue weighted by Gasteiger charge is -2.71. The molecule has 10 amide bonds. The first-order valence-electron chi connectivity index (χ1n) is 47.7. The predicted molar refractivity (Wildman–Crippen MR) is 532 cm³/mol. The van der Waals surface area contributed by atoms with Gasteiger partial charge < -0.3 is 68.1 Å². The molecule has 9 fully saturated rings. The maximum Gasteiger partial charge on any atom is 0.408 e. The molecule has 3 aliphatic heterocycles. The number of benzene rings is 9. The summed E-state index contributed by atoms with van der Waals surface area (Å²) in [7, 11) is 0. The summed E-state index contributed by atoms with van der Waals surface area (Å²) in [5.74, 6) is -3.47. The van der Waals surface area contributed by atoms with Crippen LogP contribution < -0.4 is 48.7 Å². The second-order valence-electron chi connectivity index (χ2n) is 41.3. The molecule has 21 rings (SSSR count). The topological polar surface area (TPSA) is 377 Å². The van der Waals surface area contributed by atoms with Crippen LogP contribution in [0.5, 0.6) is 0 Å². The van der Waals surface area contributed by atoms with Gasteiger partial charge in [-0.1, -0.05) is 199 Å². The zero-order valence-corrected chi connectivity index (χ0v) is 81.3. The van der Waals surface area contributed by atoms with E-state index in [1.165, 1.54) is 4.90 Å². The van der Waals surface area contributed by atoms with Crippen LogP contribution in [0.2, 0.25) is 15.1 Å². The van der Waals surface area contributed by atoms with Gasteiger partial charge in [-0.05, 0) is 240 Å². The number of hydrogen-bond acceptors (Lipinski definition) is 16. The van der Waals surface area contributed by atoms with E-state index >= 15 is 0 Å². The summed E-state index contributed by atoms with van der Waals surface area (Å²) in [5.41, 5.74) is 22.6. The molecule has 0 saturated heterocycles. The number of fused-ring (bicyclic) bond motifs is 3. The lowest BCUT2D eigenvalue weighted by molar-refractivity contribution is -0.164. The zero-order valence-electron chi connectivity index (χ0n) is 79.1. The molecular weight excluding hydrogens is 1820 g/mol. The Hall–Kier alpha value is -12.7.